The maximum absolute atomic E-state index is 10.3. The number of hydrogen-bond acceptors (Lipinski definition) is 3. The molecule has 13 heavy (non-hydrogen) atoms. The summed E-state index contributed by atoms with van der Waals surface area (Å²) in [5.41, 5.74) is 7.92. The van der Waals surface area contributed by atoms with Crippen molar-refractivity contribution in [1.82, 2.24) is 0 Å². The van der Waals surface area contributed by atoms with E-state index >= 15 is 0 Å². The molecule has 0 spiro atoms. The van der Waals surface area contributed by atoms with Crippen LogP contribution in [0.4, 0.5) is 0 Å². The Labute approximate surface area is 78.6 Å². The molecule has 0 bridgehead atoms. The molecule has 74 valence electrons. The van der Waals surface area contributed by atoms with Gasteiger partial charge in [-0.1, -0.05) is 0 Å². The van der Waals surface area contributed by atoms with Crippen molar-refractivity contribution in [2.75, 3.05) is 0 Å². The van der Waals surface area contributed by atoms with Crippen molar-refractivity contribution in [3.8, 4) is 5.63 Å². The summed E-state index contributed by atoms with van der Waals surface area (Å²) in [6.45, 7) is 0. The van der Waals surface area contributed by atoms with Gasteiger partial charge in [-0.3, -0.25) is 0 Å². The molecule has 1 atom stereocenters. The molecule has 0 aliphatic carbocycles. The van der Waals surface area contributed by atoms with Gasteiger partial charge < -0.3 is 0 Å². The predicted octanol–water partition coefficient (Wildman–Crippen LogP) is 1.60. The molecule has 0 rings (SSSR count). The van der Waals surface area contributed by atoms with Crippen molar-refractivity contribution in [2.24, 2.45) is 5.73 Å². The molecule has 3 N–H and O–H groups in total. The summed E-state index contributed by atoms with van der Waals surface area (Å²) in [5.74, 6) is -0.948. The monoisotopic (exact) mass is 203 g/mol. The molecule has 0 saturated heterocycles. The summed E-state index contributed by atoms with van der Waals surface area (Å²) < 4.78 is 9.92. The van der Waals surface area contributed by atoms with E-state index in [-0.39, 0.29) is 7.92 Å². The molecule has 0 fully saturated rings. The first-order valence-electron chi connectivity index (χ1n) is 4.22. The Hall–Kier alpha value is -0.560. The zero-order valence-electron chi connectivity index (χ0n) is 7.40. The number of nitrogens with two attached hydrogens (primary N) is 1. The molecule has 0 aromatic heterocycles. The van der Waals surface area contributed by atoms with Crippen LogP contribution in [0.2, 0.25) is 0 Å². The topological polar surface area (TPSA) is 80.4 Å². The van der Waals surface area contributed by atoms with Crippen LogP contribution in [-0.4, -0.2) is 17.1 Å². The van der Waals surface area contributed by atoms with Crippen LogP contribution in [0.5, 0.6) is 0 Å². The Balaban J connectivity index is 3.28. The second kappa shape index (κ2) is 8.06. The maximum atomic E-state index is 10.3. The van der Waals surface area contributed by atoms with Crippen LogP contribution >= 0.6 is 7.92 Å². The van der Waals surface area contributed by atoms with Crippen LogP contribution < -0.4 is 5.73 Å². The fourth-order valence-electron chi connectivity index (χ4n) is 0.914. The third kappa shape index (κ3) is 7.79. The van der Waals surface area contributed by atoms with E-state index in [1.807, 2.05) is 0 Å². The van der Waals surface area contributed by atoms with E-state index in [0.717, 1.165) is 19.3 Å². The number of carbonyl (C=O) groups is 1. The Morgan fingerprint density at radius 2 is 2.15 bits per heavy atom. The summed E-state index contributed by atoms with van der Waals surface area (Å²) in [5, 5.41) is 8.44. The molecule has 4 nitrogen and oxygen atoms in total. The summed E-state index contributed by atoms with van der Waals surface area (Å²) in [4.78, 5) is 10.3. The van der Waals surface area contributed by atoms with Gasteiger partial charge in [-0.05, 0) is 0 Å². The van der Waals surface area contributed by atoms with Gasteiger partial charge in [0.05, 0.1) is 0 Å². The van der Waals surface area contributed by atoms with E-state index in [2.05, 4.69) is 5.63 Å². The number of hydrogen-bond donors (Lipinski definition) is 2. The van der Waals surface area contributed by atoms with E-state index in [0.29, 0.717) is 12.8 Å². The molecule has 0 amide bonds. The van der Waals surface area contributed by atoms with Gasteiger partial charge >= 0.3 is 77.9 Å². The molecule has 0 aromatic carbocycles. The van der Waals surface area contributed by atoms with Crippen molar-refractivity contribution in [1.29, 1.82) is 0 Å². The predicted molar refractivity (Wildman–Crippen MR) is 50.2 cm³/mol. The van der Waals surface area contributed by atoms with Gasteiger partial charge in [0.1, 0.15) is 0 Å². The van der Waals surface area contributed by atoms with Crippen LogP contribution in [0.15, 0.2) is 0 Å². The van der Waals surface area contributed by atoms with E-state index in [4.69, 9.17) is 10.8 Å². The zero-order valence-corrected chi connectivity index (χ0v) is 8.30. The fraction of sp³-hybridized carbons (Fsp3) is 0.750. The molecular weight excluding hydrogens is 189 g/mol. The number of rotatable bonds is 6. The van der Waals surface area contributed by atoms with Crippen molar-refractivity contribution < 1.29 is 14.5 Å². The van der Waals surface area contributed by atoms with Crippen LogP contribution in [0.25, 0.3) is 0 Å². The van der Waals surface area contributed by atoms with Gasteiger partial charge in [0.25, 0.3) is 0 Å². The van der Waals surface area contributed by atoms with E-state index in [1.165, 1.54) is 0 Å². The third-order valence-electron chi connectivity index (χ3n) is 1.69. The second-order valence-electron chi connectivity index (χ2n) is 2.79. The molecule has 0 aromatic rings. The van der Waals surface area contributed by atoms with Gasteiger partial charge in [-0.2, -0.15) is 0 Å². The van der Waals surface area contributed by atoms with Crippen molar-refractivity contribution >= 4 is 13.9 Å². The summed E-state index contributed by atoms with van der Waals surface area (Å²) >= 11 is 0. The van der Waals surface area contributed by atoms with E-state index in [1.54, 1.807) is 0 Å². The quantitative estimate of drug-likeness (QED) is 0.507. The van der Waals surface area contributed by atoms with Gasteiger partial charge in [-0.15, -0.1) is 0 Å². The SMILES string of the molecule is N[C@H](CCCCCC#P=O)C(=O)O. The van der Waals surface area contributed by atoms with Gasteiger partial charge in [0, 0.05) is 0 Å². The van der Waals surface area contributed by atoms with Crippen molar-refractivity contribution in [2.45, 2.75) is 38.1 Å². The molecule has 0 aliphatic rings. The Morgan fingerprint density at radius 3 is 2.69 bits per heavy atom. The van der Waals surface area contributed by atoms with Crippen LogP contribution in [-0.2, 0) is 9.36 Å². The first kappa shape index (κ1) is 12.4. The average molecular weight is 203 g/mol. The molecule has 0 radical (unpaired) electrons. The second-order valence-corrected chi connectivity index (χ2v) is 3.29. The number of aliphatic carboxylic acids is 1. The third-order valence-corrected chi connectivity index (χ3v) is 2.04. The summed E-state index contributed by atoms with van der Waals surface area (Å²) in [7, 11) is -0.0529. The molecule has 5 heteroatoms. The van der Waals surface area contributed by atoms with E-state index < -0.39 is 12.0 Å². The van der Waals surface area contributed by atoms with Gasteiger partial charge in [0.2, 0.25) is 0 Å². The van der Waals surface area contributed by atoms with Crippen molar-refractivity contribution in [3.05, 3.63) is 0 Å². The first-order valence-corrected chi connectivity index (χ1v) is 5.03. The minimum absolute atomic E-state index is 0.0529. The molecule has 0 heterocycles. The molecule has 0 aliphatic heterocycles. The van der Waals surface area contributed by atoms with Gasteiger partial charge in [-0.25, -0.2) is 0 Å². The minimum atomic E-state index is -0.948. The van der Waals surface area contributed by atoms with Crippen LogP contribution in [0.1, 0.15) is 32.1 Å². The van der Waals surface area contributed by atoms with Crippen molar-refractivity contribution in [3.63, 3.8) is 0 Å². The Bertz CT molecular complexity index is 247. The Morgan fingerprint density at radius 1 is 1.46 bits per heavy atom. The normalized spacial score (nSPS) is 11.8. The standard InChI is InChI=1S/C8H14NO3P/c9-7(8(10)11)5-3-1-2-4-6-13-12/h7H,1-5,9H2,(H,10,11)/t7-/m1/s1. The number of carboxylic acid groups (broad SMARTS) is 1. The zero-order chi connectivity index (χ0) is 10.1. The Kier molecular flexibility index (Phi) is 7.71. The summed E-state index contributed by atoms with van der Waals surface area (Å²) in [6, 6.07) is -0.745. The average Bonchev–Trinajstić information content (AvgIpc) is 2.10. The molecule has 0 unspecified atom stereocenters. The molecule has 0 saturated carbocycles. The number of carboxylic acids is 1. The van der Waals surface area contributed by atoms with Gasteiger partial charge in [0.15, 0.2) is 0 Å². The molecular formula is C8H14NO3P. The number of unbranched alkanes of at least 4 members (excludes halogenated alkanes) is 3. The van der Waals surface area contributed by atoms with E-state index in [9.17, 15) is 9.36 Å². The first-order chi connectivity index (χ1) is 6.18. The van der Waals surface area contributed by atoms with Crippen LogP contribution in [0, 0.1) is 5.63 Å². The van der Waals surface area contributed by atoms with Crippen LogP contribution in [0.3, 0.4) is 0 Å². The fourth-order valence-corrected chi connectivity index (χ4v) is 1.16. The summed E-state index contributed by atoms with van der Waals surface area (Å²) in [6.07, 6.45) is 3.79.